The third-order valence-corrected chi connectivity index (χ3v) is 3.37. The molecule has 0 aromatic heterocycles. The second-order valence-electron chi connectivity index (χ2n) is 5.34. The summed E-state index contributed by atoms with van der Waals surface area (Å²) >= 11 is 0. The lowest BCUT2D eigenvalue weighted by Crippen LogP contribution is -2.15. The molecule has 2 rings (SSSR count). The summed E-state index contributed by atoms with van der Waals surface area (Å²) in [6.45, 7) is 3.88. The number of nitriles is 1. The molecule has 2 aromatic rings. The number of methoxy groups -OCH3 is 1. The zero-order valence-electron chi connectivity index (χ0n) is 13.9. The van der Waals surface area contributed by atoms with Crippen molar-refractivity contribution in [1.82, 2.24) is 0 Å². The number of ether oxygens (including phenoxy) is 1. The van der Waals surface area contributed by atoms with E-state index >= 15 is 0 Å². The number of amides is 1. The van der Waals surface area contributed by atoms with E-state index in [2.05, 4.69) is 10.6 Å². The largest absolute Gasteiger partial charge is 0.495 e. The summed E-state index contributed by atoms with van der Waals surface area (Å²) in [5.41, 5.74) is 3.37. The van der Waals surface area contributed by atoms with Crippen LogP contribution in [-0.2, 0) is 4.79 Å². The Balaban J connectivity index is 2.16. The third kappa shape index (κ3) is 4.37. The van der Waals surface area contributed by atoms with Crippen molar-refractivity contribution in [3.8, 4) is 11.8 Å². The van der Waals surface area contributed by atoms with Gasteiger partial charge < -0.3 is 15.4 Å². The van der Waals surface area contributed by atoms with Crippen LogP contribution in [0, 0.1) is 25.2 Å². The highest BCUT2D eigenvalue weighted by Crippen LogP contribution is 2.25. The number of rotatable bonds is 5. The number of hydrogen-bond acceptors (Lipinski definition) is 4. The molecule has 0 aliphatic carbocycles. The fraction of sp³-hybridized carbons (Fsp3) is 0.158. The van der Waals surface area contributed by atoms with Crippen LogP contribution in [0.2, 0.25) is 0 Å². The molecule has 0 atom stereocenters. The van der Waals surface area contributed by atoms with Crippen LogP contribution in [0.15, 0.2) is 54.2 Å². The minimum Gasteiger partial charge on any atom is -0.495 e. The van der Waals surface area contributed by atoms with Gasteiger partial charge in [0.2, 0.25) is 0 Å². The molecule has 0 heterocycles. The van der Waals surface area contributed by atoms with Gasteiger partial charge in [-0.3, -0.25) is 4.79 Å². The molecule has 1 amide bonds. The molecular formula is C19H19N3O2. The van der Waals surface area contributed by atoms with Gasteiger partial charge in [-0.05, 0) is 49.2 Å². The highest BCUT2D eigenvalue weighted by Gasteiger charge is 2.12. The van der Waals surface area contributed by atoms with Gasteiger partial charge in [0.25, 0.3) is 5.91 Å². The summed E-state index contributed by atoms with van der Waals surface area (Å²) in [5, 5.41) is 14.9. The van der Waals surface area contributed by atoms with Crippen LogP contribution in [-0.4, -0.2) is 13.0 Å². The number of carbonyl (C=O) groups is 1. The molecule has 5 nitrogen and oxygen atoms in total. The molecule has 2 N–H and O–H groups in total. The molecule has 0 saturated heterocycles. The van der Waals surface area contributed by atoms with Gasteiger partial charge in [-0.1, -0.05) is 18.2 Å². The number of aryl methyl sites for hydroxylation is 2. The second-order valence-corrected chi connectivity index (χ2v) is 5.34. The first-order chi connectivity index (χ1) is 11.5. The van der Waals surface area contributed by atoms with Gasteiger partial charge in [0.15, 0.2) is 0 Å². The summed E-state index contributed by atoms with van der Waals surface area (Å²) in [5.74, 6) is 0.0411. The number of carbonyl (C=O) groups excluding carboxylic acids is 1. The number of benzene rings is 2. The summed E-state index contributed by atoms with van der Waals surface area (Å²) in [4.78, 5) is 12.3. The van der Waals surface area contributed by atoms with Crippen molar-refractivity contribution in [3.05, 3.63) is 65.4 Å². The quantitative estimate of drug-likeness (QED) is 0.649. The first kappa shape index (κ1) is 17.1. The lowest BCUT2D eigenvalue weighted by molar-refractivity contribution is -0.112. The molecule has 2 aromatic carbocycles. The second kappa shape index (κ2) is 7.84. The van der Waals surface area contributed by atoms with Gasteiger partial charge in [-0.25, -0.2) is 0 Å². The Bertz CT molecular complexity index is 820. The van der Waals surface area contributed by atoms with Gasteiger partial charge in [-0.2, -0.15) is 5.26 Å². The van der Waals surface area contributed by atoms with E-state index < -0.39 is 5.91 Å². The zero-order valence-corrected chi connectivity index (χ0v) is 13.9. The van der Waals surface area contributed by atoms with Gasteiger partial charge >= 0.3 is 0 Å². The van der Waals surface area contributed by atoms with Crippen LogP contribution in [0.25, 0.3) is 0 Å². The molecule has 0 spiro atoms. The van der Waals surface area contributed by atoms with Gasteiger partial charge in [-0.15, -0.1) is 0 Å². The van der Waals surface area contributed by atoms with E-state index in [1.54, 1.807) is 12.1 Å². The van der Waals surface area contributed by atoms with Gasteiger partial charge in [0.1, 0.15) is 17.4 Å². The van der Waals surface area contributed by atoms with E-state index in [0.717, 1.165) is 16.8 Å². The lowest BCUT2D eigenvalue weighted by Gasteiger charge is -2.10. The number of hydrogen-bond donors (Lipinski definition) is 2. The van der Waals surface area contributed by atoms with E-state index in [0.29, 0.717) is 11.4 Å². The lowest BCUT2D eigenvalue weighted by atomic mass is 10.2. The predicted molar refractivity (Wildman–Crippen MR) is 94.9 cm³/mol. The van der Waals surface area contributed by atoms with Crippen molar-refractivity contribution in [2.75, 3.05) is 17.7 Å². The summed E-state index contributed by atoms with van der Waals surface area (Å²) in [7, 11) is 1.53. The maximum Gasteiger partial charge on any atom is 0.267 e. The number of nitrogens with zero attached hydrogens (tertiary/aromatic N) is 1. The monoisotopic (exact) mass is 321 g/mol. The average molecular weight is 321 g/mol. The summed E-state index contributed by atoms with van der Waals surface area (Å²) < 4.78 is 5.22. The Morgan fingerprint density at radius 2 is 1.92 bits per heavy atom. The number of nitrogens with one attached hydrogen (secondary N) is 2. The standard InChI is InChI=1S/C19H19N3O2/c1-13-5-4-6-16(9-13)21-12-15(11-20)19(23)22-17-10-14(2)7-8-18(17)24-3/h4-10,12,21H,1-3H3,(H,22,23)/b15-12-. The molecule has 5 heteroatoms. The topological polar surface area (TPSA) is 74.1 Å². The fourth-order valence-corrected chi connectivity index (χ4v) is 2.15. The third-order valence-electron chi connectivity index (χ3n) is 3.37. The van der Waals surface area contributed by atoms with E-state index in [4.69, 9.17) is 4.74 Å². The molecule has 0 bridgehead atoms. The summed E-state index contributed by atoms with van der Waals surface area (Å²) in [6, 6.07) is 15.0. The first-order valence-electron chi connectivity index (χ1n) is 7.43. The van der Waals surface area contributed by atoms with Crippen molar-refractivity contribution < 1.29 is 9.53 Å². The summed E-state index contributed by atoms with van der Waals surface area (Å²) in [6.07, 6.45) is 1.40. The predicted octanol–water partition coefficient (Wildman–Crippen LogP) is 3.77. The van der Waals surface area contributed by atoms with Crippen molar-refractivity contribution in [2.24, 2.45) is 0 Å². The molecule has 0 unspecified atom stereocenters. The molecule has 0 saturated carbocycles. The van der Waals surface area contributed by atoms with Crippen molar-refractivity contribution in [1.29, 1.82) is 5.26 Å². The minimum absolute atomic E-state index is 0.0277. The molecular weight excluding hydrogens is 302 g/mol. The van der Waals surface area contributed by atoms with Crippen LogP contribution in [0.3, 0.4) is 0 Å². The normalized spacial score (nSPS) is 10.7. The maximum absolute atomic E-state index is 12.3. The van der Waals surface area contributed by atoms with Crippen molar-refractivity contribution in [3.63, 3.8) is 0 Å². The molecule has 0 radical (unpaired) electrons. The highest BCUT2D eigenvalue weighted by atomic mass is 16.5. The van der Waals surface area contributed by atoms with Crippen LogP contribution in [0.5, 0.6) is 5.75 Å². The average Bonchev–Trinajstić information content (AvgIpc) is 2.55. The zero-order chi connectivity index (χ0) is 17.5. The van der Waals surface area contributed by atoms with Crippen molar-refractivity contribution in [2.45, 2.75) is 13.8 Å². The molecule has 0 fully saturated rings. The van der Waals surface area contributed by atoms with Gasteiger partial charge in [0, 0.05) is 11.9 Å². The fourth-order valence-electron chi connectivity index (χ4n) is 2.15. The van der Waals surface area contributed by atoms with E-state index in [9.17, 15) is 10.1 Å². The maximum atomic E-state index is 12.3. The van der Waals surface area contributed by atoms with Crippen molar-refractivity contribution >= 4 is 17.3 Å². The minimum atomic E-state index is -0.499. The first-order valence-corrected chi connectivity index (χ1v) is 7.43. The van der Waals surface area contributed by atoms with Crippen LogP contribution >= 0.6 is 0 Å². The molecule has 0 aliphatic heterocycles. The SMILES string of the molecule is COc1ccc(C)cc1NC(=O)/C(C#N)=C\Nc1cccc(C)c1. The Kier molecular flexibility index (Phi) is 5.58. The Morgan fingerprint density at radius 1 is 1.17 bits per heavy atom. The van der Waals surface area contributed by atoms with E-state index in [-0.39, 0.29) is 5.57 Å². The molecule has 0 aliphatic rings. The smallest absolute Gasteiger partial charge is 0.267 e. The van der Waals surface area contributed by atoms with E-state index in [1.165, 1.54) is 13.3 Å². The highest BCUT2D eigenvalue weighted by molar-refractivity contribution is 6.07. The van der Waals surface area contributed by atoms with Gasteiger partial charge in [0.05, 0.1) is 12.8 Å². The van der Waals surface area contributed by atoms with E-state index in [1.807, 2.05) is 50.2 Å². The number of anilines is 2. The van der Waals surface area contributed by atoms with Crippen LogP contribution in [0.1, 0.15) is 11.1 Å². The Morgan fingerprint density at radius 3 is 2.58 bits per heavy atom. The molecule has 24 heavy (non-hydrogen) atoms. The van der Waals surface area contributed by atoms with Crippen LogP contribution in [0.4, 0.5) is 11.4 Å². The Hall–Kier alpha value is -3.26. The van der Waals surface area contributed by atoms with Crippen LogP contribution < -0.4 is 15.4 Å². The molecule has 122 valence electrons. The Labute approximate surface area is 141 Å².